The average molecular weight is 357 g/mol. The van der Waals surface area contributed by atoms with Gasteiger partial charge in [-0.25, -0.2) is 0 Å². The van der Waals surface area contributed by atoms with Crippen molar-refractivity contribution in [3.8, 4) is 23.0 Å². The Morgan fingerprint density at radius 1 is 1.08 bits per heavy atom. The number of aromatic nitrogens is 2. The lowest BCUT2D eigenvalue weighted by molar-refractivity contribution is -0.384. The summed E-state index contributed by atoms with van der Waals surface area (Å²) in [5.41, 5.74) is 1.74. The van der Waals surface area contributed by atoms with Gasteiger partial charge in [0, 0.05) is 23.4 Å². The van der Waals surface area contributed by atoms with Crippen LogP contribution in [0, 0.1) is 10.1 Å². The number of non-ortho nitro benzene ring substituents is 1. The van der Waals surface area contributed by atoms with Gasteiger partial charge in [-0.2, -0.15) is 0 Å². The summed E-state index contributed by atoms with van der Waals surface area (Å²) < 4.78 is 16.3. The Morgan fingerprint density at radius 2 is 1.88 bits per heavy atom. The Kier molecular flexibility index (Phi) is 3.98. The summed E-state index contributed by atoms with van der Waals surface area (Å²) in [6.07, 6.45) is 0. The Bertz CT molecular complexity index is 926. The number of hydrogen-bond acceptors (Lipinski definition) is 8. The van der Waals surface area contributed by atoms with Crippen molar-refractivity contribution in [2.45, 2.75) is 11.0 Å². The van der Waals surface area contributed by atoms with Crippen LogP contribution in [-0.2, 0) is 5.75 Å². The largest absolute Gasteiger partial charge is 0.454 e. The fraction of sp³-hybridized carbons (Fsp3) is 0.125. The highest BCUT2D eigenvalue weighted by Gasteiger charge is 2.17. The van der Waals surface area contributed by atoms with E-state index >= 15 is 0 Å². The molecule has 1 aliphatic heterocycles. The number of thioether (sulfide) groups is 1. The van der Waals surface area contributed by atoms with Crippen LogP contribution in [0.15, 0.2) is 52.1 Å². The Balaban J connectivity index is 1.44. The van der Waals surface area contributed by atoms with Crippen LogP contribution < -0.4 is 9.47 Å². The molecule has 0 aliphatic carbocycles. The predicted octanol–water partition coefficient (Wildman–Crippen LogP) is 3.67. The zero-order chi connectivity index (χ0) is 17.2. The Morgan fingerprint density at radius 3 is 2.68 bits per heavy atom. The third-order valence-corrected chi connectivity index (χ3v) is 4.43. The normalized spacial score (nSPS) is 12.3. The second-order valence-corrected chi connectivity index (χ2v) is 6.08. The van der Waals surface area contributed by atoms with Gasteiger partial charge in [0.15, 0.2) is 11.5 Å². The van der Waals surface area contributed by atoms with Crippen molar-refractivity contribution in [2.75, 3.05) is 6.79 Å². The summed E-state index contributed by atoms with van der Waals surface area (Å²) >= 11 is 1.36. The van der Waals surface area contributed by atoms with Gasteiger partial charge in [-0.15, -0.1) is 10.2 Å². The minimum Gasteiger partial charge on any atom is -0.454 e. The van der Waals surface area contributed by atoms with Crippen LogP contribution >= 0.6 is 11.8 Å². The van der Waals surface area contributed by atoms with Crippen LogP contribution in [0.25, 0.3) is 11.5 Å². The molecule has 25 heavy (non-hydrogen) atoms. The molecule has 0 atom stereocenters. The molecule has 8 nitrogen and oxygen atoms in total. The van der Waals surface area contributed by atoms with E-state index in [2.05, 4.69) is 10.2 Å². The van der Waals surface area contributed by atoms with Crippen molar-refractivity contribution < 1.29 is 18.8 Å². The topological polar surface area (TPSA) is 101 Å². The maximum absolute atomic E-state index is 10.7. The highest BCUT2D eigenvalue weighted by Crippen LogP contribution is 2.36. The molecule has 0 bridgehead atoms. The van der Waals surface area contributed by atoms with Crippen molar-refractivity contribution in [2.24, 2.45) is 0 Å². The van der Waals surface area contributed by atoms with Gasteiger partial charge in [-0.3, -0.25) is 10.1 Å². The van der Waals surface area contributed by atoms with Gasteiger partial charge in [0.1, 0.15) is 0 Å². The monoisotopic (exact) mass is 357 g/mol. The standard InChI is InChI=1S/C16H11N3O5S/c20-19(21)12-4-1-10(2-5-12)8-25-16-18-17-15(24-16)11-3-6-13-14(7-11)23-9-22-13/h1-7H,8-9H2. The molecule has 2 heterocycles. The first kappa shape index (κ1) is 15.5. The number of nitrogens with zero attached hydrogens (tertiary/aromatic N) is 3. The maximum atomic E-state index is 10.7. The molecule has 0 radical (unpaired) electrons. The Hall–Kier alpha value is -3.07. The van der Waals surface area contributed by atoms with E-state index in [0.29, 0.717) is 28.4 Å². The summed E-state index contributed by atoms with van der Waals surface area (Å²) in [6.45, 7) is 0.207. The summed E-state index contributed by atoms with van der Waals surface area (Å²) in [5, 5.41) is 19.1. The molecule has 0 unspecified atom stereocenters. The van der Waals surface area contributed by atoms with Crippen LogP contribution in [0.4, 0.5) is 5.69 Å². The summed E-state index contributed by atoms with van der Waals surface area (Å²) in [6, 6.07) is 11.8. The second kappa shape index (κ2) is 6.44. The number of fused-ring (bicyclic) bond motifs is 1. The molecule has 1 aliphatic rings. The molecule has 9 heteroatoms. The molecule has 0 fully saturated rings. The number of hydrogen-bond donors (Lipinski definition) is 0. The van der Waals surface area contributed by atoms with E-state index in [1.165, 1.54) is 23.9 Å². The number of benzene rings is 2. The van der Waals surface area contributed by atoms with E-state index in [0.717, 1.165) is 11.1 Å². The van der Waals surface area contributed by atoms with Crippen molar-refractivity contribution in [3.05, 3.63) is 58.1 Å². The minimum atomic E-state index is -0.424. The molecule has 4 rings (SSSR count). The van der Waals surface area contributed by atoms with Crippen LogP contribution in [0.1, 0.15) is 5.56 Å². The zero-order valence-corrected chi connectivity index (χ0v) is 13.6. The molecule has 0 spiro atoms. The van der Waals surface area contributed by atoms with E-state index in [-0.39, 0.29) is 12.5 Å². The third-order valence-electron chi connectivity index (χ3n) is 3.54. The minimum absolute atomic E-state index is 0.0663. The van der Waals surface area contributed by atoms with Crippen LogP contribution in [-0.4, -0.2) is 21.9 Å². The Labute approximate surface area is 145 Å². The van der Waals surface area contributed by atoms with Gasteiger partial charge in [0.25, 0.3) is 10.9 Å². The number of nitro groups is 1. The van der Waals surface area contributed by atoms with Gasteiger partial charge < -0.3 is 13.9 Å². The fourth-order valence-electron chi connectivity index (χ4n) is 2.27. The molecule has 126 valence electrons. The van der Waals surface area contributed by atoms with Crippen molar-refractivity contribution in [1.29, 1.82) is 0 Å². The van der Waals surface area contributed by atoms with E-state index in [9.17, 15) is 10.1 Å². The lowest BCUT2D eigenvalue weighted by atomic mass is 10.2. The molecular formula is C16H11N3O5S. The van der Waals surface area contributed by atoms with Crippen LogP contribution in [0.3, 0.4) is 0 Å². The number of nitro benzene ring substituents is 1. The highest BCUT2D eigenvalue weighted by atomic mass is 32.2. The van der Waals surface area contributed by atoms with Crippen LogP contribution in [0.2, 0.25) is 0 Å². The summed E-state index contributed by atoms with van der Waals surface area (Å²) in [5.74, 6) is 2.30. The fourth-order valence-corrected chi connectivity index (χ4v) is 2.99. The summed E-state index contributed by atoms with van der Waals surface area (Å²) in [4.78, 5) is 10.2. The third kappa shape index (κ3) is 3.26. The van der Waals surface area contributed by atoms with Crippen molar-refractivity contribution >= 4 is 17.4 Å². The van der Waals surface area contributed by atoms with Gasteiger partial charge in [-0.05, 0) is 23.8 Å². The van der Waals surface area contributed by atoms with Crippen molar-refractivity contribution in [1.82, 2.24) is 10.2 Å². The lowest BCUT2D eigenvalue weighted by Gasteiger charge is -1.99. The molecule has 0 saturated heterocycles. The lowest BCUT2D eigenvalue weighted by Crippen LogP contribution is -1.92. The predicted molar refractivity (Wildman–Crippen MR) is 88.5 cm³/mol. The summed E-state index contributed by atoms with van der Waals surface area (Å²) in [7, 11) is 0. The molecule has 3 aromatic rings. The quantitative estimate of drug-likeness (QED) is 0.387. The smallest absolute Gasteiger partial charge is 0.277 e. The van der Waals surface area contributed by atoms with E-state index < -0.39 is 4.92 Å². The molecule has 1 aromatic heterocycles. The van der Waals surface area contributed by atoms with Gasteiger partial charge in [0.05, 0.1) is 4.92 Å². The van der Waals surface area contributed by atoms with Gasteiger partial charge in [0.2, 0.25) is 12.7 Å². The molecule has 0 saturated carbocycles. The van der Waals surface area contributed by atoms with Crippen LogP contribution in [0.5, 0.6) is 11.5 Å². The number of ether oxygens (including phenoxy) is 2. The second-order valence-electron chi connectivity index (χ2n) is 5.15. The molecule has 0 amide bonds. The van der Waals surface area contributed by atoms with E-state index in [1.807, 2.05) is 6.07 Å². The maximum Gasteiger partial charge on any atom is 0.277 e. The van der Waals surface area contributed by atoms with E-state index in [1.54, 1.807) is 24.3 Å². The molecular weight excluding hydrogens is 346 g/mol. The highest BCUT2D eigenvalue weighted by molar-refractivity contribution is 7.98. The number of rotatable bonds is 5. The molecule has 2 aromatic carbocycles. The van der Waals surface area contributed by atoms with Gasteiger partial charge in [-0.1, -0.05) is 23.9 Å². The van der Waals surface area contributed by atoms with Gasteiger partial charge >= 0.3 is 0 Å². The molecule has 0 N–H and O–H groups in total. The SMILES string of the molecule is O=[N+]([O-])c1ccc(CSc2nnc(-c3ccc4c(c3)OCO4)o2)cc1. The zero-order valence-electron chi connectivity index (χ0n) is 12.7. The van der Waals surface area contributed by atoms with Crippen molar-refractivity contribution in [3.63, 3.8) is 0 Å². The first-order valence-electron chi connectivity index (χ1n) is 7.29. The van der Waals surface area contributed by atoms with E-state index in [4.69, 9.17) is 13.9 Å². The first-order valence-corrected chi connectivity index (χ1v) is 8.27. The average Bonchev–Trinajstić information content (AvgIpc) is 3.28. The first-order chi connectivity index (χ1) is 12.2.